The molecule has 0 bridgehead atoms. The lowest BCUT2D eigenvalue weighted by Crippen LogP contribution is -2.29. The van der Waals surface area contributed by atoms with E-state index in [0.29, 0.717) is 18.8 Å². The van der Waals surface area contributed by atoms with Gasteiger partial charge in [0.25, 0.3) is 5.56 Å². The molecule has 1 atom stereocenters. The molecule has 1 aromatic heterocycles. The molecule has 0 saturated carbocycles. The SMILES string of the molecule is CN(C)CCn1ncc(NCC2CCCO2)c(Cl)c1=O. The van der Waals surface area contributed by atoms with Gasteiger partial charge in [-0.05, 0) is 26.9 Å². The molecular weight excluding hydrogens is 280 g/mol. The Bertz CT molecular complexity index is 498. The summed E-state index contributed by atoms with van der Waals surface area (Å²) >= 11 is 6.11. The number of nitrogens with zero attached hydrogens (tertiary/aromatic N) is 3. The fourth-order valence-electron chi connectivity index (χ4n) is 2.07. The van der Waals surface area contributed by atoms with Crippen LogP contribution in [0.15, 0.2) is 11.0 Å². The lowest BCUT2D eigenvalue weighted by Gasteiger charge is -2.14. The number of halogens is 1. The van der Waals surface area contributed by atoms with Gasteiger partial charge in [0.05, 0.1) is 24.5 Å². The van der Waals surface area contributed by atoms with Crippen molar-refractivity contribution in [2.45, 2.75) is 25.5 Å². The van der Waals surface area contributed by atoms with E-state index in [0.717, 1.165) is 26.0 Å². The minimum Gasteiger partial charge on any atom is -0.380 e. The molecule has 1 aliphatic heterocycles. The fourth-order valence-corrected chi connectivity index (χ4v) is 2.28. The molecule has 1 fully saturated rings. The summed E-state index contributed by atoms with van der Waals surface area (Å²) in [6, 6.07) is 0. The second-order valence-corrected chi connectivity index (χ2v) is 5.60. The van der Waals surface area contributed by atoms with Crippen LogP contribution in [0.1, 0.15) is 12.8 Å². The Morgan fingerprint density at radius 3 is 3.05 bits per heavy atom. The van der Waals surface area contributed by atoms with E-state index in [1.165, 1.54) is 4.68 Å². The number of likely N-dealkylation sites (N-methyl/N-ethyl adjacent to an activating group) is 1. The van der Waals surface area contributed by atoms with Gasteiger partial charge in [-0.25, -0.2) is 4.68 Å². The van der Waals surface area contributed by atoms with E-state index >= 15 is 0 Å². The number of rotatable bonds is 6. The van der Waals surface area contributed by atoms with Crippen LogP contribution in [0.25, 0.3) is 0 Å². The summed E-state index contributed by atoms with van der Waals surface area (Å²) in [5.74, 6) is 0. The summed E-state index contributed by atoms with van der Waals surface area (Å²) in [5, 5.41) is 7.48. The highest BCUT2D eigenvalue weighted by Crippen LogP contribution is 2.17. The predicted molar refractivity (Wildman–Crippen MR) is 79.5 cm³/mol. The van der Waals surface area contributed by atoms with Crippen molar-refractivity contribution in [2.75, 3.05) is 39.1 Å². The van der Waals surface area contributed by atoms with Gasteiger partial charge in [-0.15, -0.1) is 0 Å². The zero-order valence-corrected chi connectivity index (χ0v) is 12.7. The smallest absolute Gasteiger partial charge is 0.287 e. The van der Waals surface area contributed by atoms with Crippen molar-refractivity contribution in [3.8, 4) is 0 Å². The first kappa shape index (κ1) is 15.3. The van der Waals surface area contributed by atoms with Crippen molar-refractivity contribution >= 4 is 17.3 Å². The summed E-state index contributed by atoms with van der Waals surface area (Å²) in [6.07, 6.45) is 3.93. The zero-order chi connectivity index (χ0) is 14.5. The second kappa shape index (κ2) is 7.06. The molecule has 112 valence electrons. The third kappa shape index (κ3) is 3.94. The lowest BCUT2D eigenvalue weighted by atomic mass is 10.2. The largest absolute Gasteiger partial charge is 0.380 e. The topological polar surface area (TPSA) is 59.4 Å². The van der Waals surface area contributed by atoms with Gasteiger partial charge in [-0.3, -0.25) is 4.79 Å². The molecule has 1 saturated heterocycles. The molecule has 2 rings (SSSR count). The quantitative estimate of drug-likeness (QED) is 0.851. The molecule has 2 heterocycles. The maximum absolute atomic E-state index is 12.1. The van der Waals surface area contributed by atoms with Gasteiger partial charge in [-0.2, -0.15) is 5.10 Å². The van der Waals surface area contributed by atoms with Crippen LogP contribution in [-0.4, -0.2) is 54.6 Å². The average molecular weight is 301 g/mol. The van der Waals surface area contributed by atoms with Crippen LogP contribution in [0.3, 0.4) is 0 Å². The van der Waals surface area contributed by atoms with Crippen molar-refractivity contribution in [3.63, 3.8) is 0 Å². The van der Waals surface area contributed by atoms with E-state index in [4.69, 9.17) is 16.3 Å². The highest BCUT2D eigenvalue weighted by Gasteiger charge is 2.16. The van der Waals surface area contributed by atoms with Gasteiger partial charge in [-0.1, -0.05) is 11.6 Å². The molecule has 6 nitrogen and oxygen atoms in total. The first-order chi connectivity index (χ1) is 9.58. The first-order valence-electron chi connectivity index (χ1n) is 6.83. The van der Waals surface area contributed by atoms with Gasteiger partial charge < -0.3 is 15.0 Å². The third-order valence-electron chi connectivity index (χ3n) is 3.29. The molecule has 0 radical (unpaired) electrons. The van der Waals surface area contributed by atoms with Crippen molar-refractivity contribution in [1.29, 1.82) is 0 Å². The van der Waals surface area contributed by atoms with Crippen LogP contribution in [0, 0.1) is 0 Å². The molecule has 0 aliphatic carbocycles. The number of hydrogen-bond donors (Lipinski definition) is 1. The van der Waals surface area contributed by atoms with Gasteiger partial charge in [0.1, 0.15) is 5.02 Å². The van der Waals surface area contributed by atoms with Crippen LogP contribution >= 0.6 is 11.6 Å². The van der Waals surface area contributed by atoms with E-state index in [9.17, 15) is 4.79 Å². The molecule has 1 aromatic rings. The molecule has 0 aromatic carbocycles. The summed E-state index contributed by atoms with van der Waals surface area (Å²) in [5.41, 5.74) is 0.319. The van der Waals surface area contributed by atoms with E-state index in [-0.39, 0.29) is 16.7 Å². The lowest BCUT2D eigenvalue weighted by molar-refractivity contribution is 0.120. The second-order valence-electron chi connectivity index (χ2n) is 5.22. The van der Waals surface area contributed by atoms with Crippen LogP contribution in [0.2, 0.25) is 5.02 Å². The Morgan fingerprint density at radius 1 is 1.60 bits per heavy atom. The molecule has 1 N–H and O–H groups in total. The third-order valence-corrected chi connectivity index (χ3v) is 3.65. The fraction of sp³-hybridized carbons (Fsp3) is 0.692. The van der Waals surface area contributed by atoms with Gasteiger partial charge in [0, 0.05) is 19.7 Å². The van der Waals surface area contributed by atoms with Crippen LogP contribution in [0.4, 0.5) is 5.69 Å². The monoisotopic (exact) mass is 300 g/mol. The first-order valence-corrected chi connectivity index (χ1v) is 7.21. The number of ether oxygens (including phenoxy) is 1. The summed E-state index contributed by atoms with van der Waals surface area (Å²) in [6.45, 7) is 2.73. The average Bonchev–Trinajstić information content (AvgIpc) is 2.92. The molecular formula is C13H21ClN4O2. The summed E-state index contributed by atoms with van der Waals surface area (Å²) < 4.78 is 6.91. The van der Waals surface area contributed by atoms with Crippen molar-refractivity contribution in [3.05, 3.63) is 21.6 Å². The maximum Gasteiger partial charge on any atom is 0.287 e. The Hall–Kier alpha value is -1.11. The summed E-state index contributed by atoms with van der Waals surface area (Å²) in [7, 11) is 3.90. The van der Waals surface area contributed by atoms with Gasteiger partial charge in [0.15, 0.2) is 0 Å². The van der Waals surface area contributed by atoms with Crippen LogP contribution in [0.5, 0.6) is 0 Å². The number of hydrogen-bond acceptors (Lipinski definition) is 5. The minimum absolute atomic E-state index is 0.191. The molecule has 1 aliphatic rings. The Labute approximate surface area is 123 Å². The van der Waals surface area contributed by atoms with Crippen molar-refractivity contribution in [1.82, 2.24) is 14.7 Å². The number of aromatic nitrogens is 2. The molecule has 0 amide bonds. The highest BCUT2D eigenvalue weighted by atomic mass is 35.5. The van der Waals surface area contributed by atoms with E-state index in [2.05, 4.69) is 10.4 Å². The van der Waals surface area contributed by atoms with E-state index in [1.54, 1.807) is 6.20 Å². The zero-order valence-electron chi connectivity index (χ0n) is 11.9. The standard InChI is InChI=1S/C13H21ClN4O2/c1-17(2)5-6-18-13(19)12(14)11(9-16-18)15-8-10-4-3-7-20-10/h9-10,15H,3-8H2,1-2H3. The van der Waals surface area contributed by atoms with Gasteiger partial charge in [0.2, 0.25) is 0 Å². The van der Waals surface area contributed by atoms with E-state index < -0.39 is 0 Å². The van der Waals surface area contributed by atoms with Crippen molar-refractivity contribution < 1.29 is 4.74 Å². The minimum atomic E-state index is -0.258. The van der Waals surface area contributed by atoms with Crippen molar-refractivity contribution in [2.24, 2.45) is 0 Å². The molecule has 1 unspecified atom stereocenters. The Kier molecular flexibility index (Phi) is 5.39. The Balaban J connectivity index is 2.00. The maximum atomic E-state index is 12.1. The van der Waals surface area contributed by atoms with Crippen LogP contribution < -0.4 is 10.9 Å². The highest BCUT2D eigenvalue weighted by molar-refractivity contribution is 6.32. The van der Waals surface area contributed by atoms with Crippen LogP contribution in [-0.2, 0) is 11.3 Å². The number of nitrogens with one attached hydrogen (secondary N) is 1. The number of anilines is 1. The van der Waals surface area contributed by atoms with Gasteiger partial charge >= 0.3 is 0 Å². The van der Waals surface area contributed by atoms with E-state index in [1.807, 2.05) is 19.0 Å². The predicted octanol–water partition coefficient (Wildman–Crippen LogP) is 1.05. The molecule has 20 heavy (non-hydrogen) atoms. The molecule has 0 spiro atoms. The normalized spacial score (nSPS) is 18.7. The Morgan fingerprint density at radius 2 is 2.40 bits per heavy atom. The molecule has 7 heteroatoms. The summed E-state index contributed by atoms with van der Waals surface area (Å²) in [4.78, 5) is 14.1.